The molecule has 1 atom stereocenters. The quantitative estimate of drug-likeness (QED) is 0.619. The zero-order chi connectivity index (χ0) is 9.38. The smallest absolute Gasteiger partial charge is 0.0121 e. The third-order valence-corrected chi connectivity index (χ3v) is 3.30. The summed E-state index contributed by atoms with van der Waals surface area (Å²) in [6.07, 6.45) is 8.80. The fourth-order valence-corrected chi connectivity index (χ4v) is 2.55. The molecule has 3 rings (SSSR count). The molecule has 0 saturated heterocycles. The maximum absolute atomic E-state index is 2.40. The lowest BCUT2D eigenvalue weighted by Gasteiger charge is -2.08. The van der Waals surface area contributed by atoms with E-state index in [9.17, 15) is 0 Å². The zero-order valence-electron chi connectivity index (χ0n) is 8.24. The molecular weight excluding hydrogens is 168 g/mol. The van der Waals surface area contributed by atoms with E-state index >= 15 is 0 Å². The topological polar surface area (TPSA) is 0 Å². The Morgan fingerprint density at radius 1 is 1.14 bits per heavy atom. The maximum atomic E-state index is 2.40. The number of hydrogen-bond donors (Lipinski definition) is 0. The predicted molar refractivity (Wildman–Crippen MR) is 59.8 cm³/mol. The highest BCUT2D eigenvalue weighted by Crippen LogP contribution is 2.43. The molecular formula is C14H14. The van der Waals surface area contributed by atoms with Crippen LogP contribution in [0.3, 0.4) is 0 Å². The van der Waals surface area contributed by atoms with Gasteiger partial charge in [-0.05, 0) is 36.3 Å². The van der Waals surface area contributed by atoms with Crippen molar-refractivity contribution < 1.29 is 0 Å². The monoisotopic (exact) mass is 182 g/mol. The first-order chi connectivity index (χ1) is 6.92. The second-order valence-electron chi connectivity index (χ2n) is 4.30. The average Bonchev–Trinajstić information content (AvgIpc) is 2.81. The number of hydrogen-bond acceptors (Lipinski definition) is 0. The van der Waals surface area contributed by atoms with E-state index in [1.54, 1.807) is 11.1 Å². The molecule has 0 heteroatoms. The molecule has 2 aliphatic carbocycles. The third-order valence-electron chi connectivity index (χ3n) is 3.30. The molecule has 1 aromatic carbocycles. The van der Waals surface area contributed by atoms with Crippen LogP contribution in [0.5, 0.6) is 0 Å². The van der Waals surface area contributed by atoms with Gasteiger partial charge in [0.05, 0.1) is 0 Å². The molecule has 1 unspecified atom stereocenters. The molecule has 1 aromatic rings. The molecule has 0 aromatic heterocycles. The summed E-state index contributed by atoms with van der Waals surface area (Å²) in [5.74, 6) is 0.838. The van der Waals surface area contributed by atoms with Crippen molar-refractivity contribution in [2.45, 2.75) is 19.3 Å². The molecule has 70 valence electrons. The Balaban J connectivity index is 1.94. The normalized spacial score (nSPS) is 27.0. The minimum Gasteiger partial charge on any atom is -0.0693 e. The van der Waals surface area contributed by atoms with E-state index in [1.165, 1.54) is 24.8 Å². The van der Waals surface area contributed by atoms with Gasteiger partial charge in [-0.1, -0.05) is 48.1 Å². The van der Waals surface area contributed by atoms with E-state index in [0.29, 0.717) is 0 Å². The highest BCUT2D eigenvalue weighted by molar-refractivity contribution is 5.59. The predicted octanol–water partition coefficient (Wildman–Crippen LogP) is 3.81. The standard InChI is InChI=1S/C14H14/c1-2-4-11(5-3-1)8-14-10-12-6-7-13(14)9-12/h1-5,8,10,13H,6-7,9H2. The van der Waals surface area contributed by atoms with Gasteiger partial charge in [-0.25, -0.2) is 0 Å². The molecule has 1 saturated carbocycles. The van der Waals surface area contributed by atoms with Gasteiger partial charge in [0, 0.05) is 0 Å². The van der Waals surface area contributed by atoms with Crippen LogP contribution in [-0.4, -0.2) is 0 Å². The number of allylic oxidation sites excluding steroid dienone is 3. The highest BCUT2D eigenvalue weighted by Gasteiger charge is 2.27. The summed E-state index contributed by atoms with van der Waals surface area (Å²) < 4.78 is 0. The Morgan fingerprint density at radius 3 is 2.64 bits per heavy atom. The summed E-state index contributed by atoms with van der Waals surface area (Å²) in [6, 6.07) is 10.6. The van der Waals surface area contributed by atoms with E-state index < -0.39 is 0 Å². The van der Waals surface area contributed by atoms with Gasteiger partial charge in [0.15, 0.2) is 0 Å². The molecule has 0 amide bonds. The van der Waals surface area contributed by atoms with Gasteiger partial charge in [0.2, 0.25) is 0 Å². The average molecular weight is 182 g/mol. The lowest BCUT2D eigenvalue weighted by molar-refractivity contribution is 0.676. The number of fused-ring (bicyclic) bond motifs is 2. The Kier molecular flexibility index (Phi) is 1.80. The van der Waals surface area contributed by atoms with Crippen LogP contribution in [0.25, 0.3) is 6.08 Å². The lowest BCUT2D eigenvalue weighted by atomic mass is 9.97. The SMILES string of the molecule is C1=C2CCC(C2)C1=Cc1ccccc1. The second kappa shape index (κ2) is 3.13. The Morgan fingerprint density at radius 2 is 2.00 bits per heavy atom. The van der Waals surface area contributed by atoms with E-state index in [1.807, 2.05) is 0 Å². The van der Waals surface area contributed by atoms with E-state index in [4.69, 9.17) is 0 Å². The molecule has 0 radical (unpaired) electrons. The second-order valence-corrected chi connectivity index (χ2v) is 4.30. The minimum absolute atomic E-state index is 0.838. The van der Waals surface area contributed by atoms with Crippen molar-refractivity contribution in [1.82, 2.24) is 0 Å². The van der Waals surface area contributed by atoms with Gasteiger partial charge in [0.25, 0.3) is 0 Å². The van der Waals surface area contributed by atoms with Crippen LogP contribution in [0.4, 0.5) is 0 Å². The van der Waals surface area contributed by atoms with Gasteiger partial charge in [-0.2, -0.15) is 0 Å². The van der Waals surface area contributed by atoms with Gasteiger partial charge in [-0.15, -0.1) is 0 Å². The summed E-state index contributed by atoms with van der Waals surface area (Å²) in [4.78, 5) is 0. The van der Waals surface area contributed by atoms with Crippen molar-refractivity contribution in [1.29, 1.82) is 0 Å². The van der Waals surface area contributed by atoms with Crippen LogP contribution in [0.2, 0.25) is 0 Å². The molecule has 0 heterocycles. The molecule has 0 aliphatic heterocycles. The fraction of sp³-hybridized carbons (Fsp3) is 0.286. The summed E-state index contributed by atoms with van der Waals surface area (Å²) >= 11 is 0. The Labute approximate surface area is 85.0 Å². The van der Waals surface area contributed by atoms with Gasteiger partial charge < -0.3 is 0 Å². The first kappa shape index (κ1) is 8.05. The van der Waals surface area contributed by atoms with Crippen molar-refractivity contribution >= 4 is 6.08 Å². The van der Waals surface area contributed by atoms with E-state index in [2.05, 4.69) is 42.5 Å². The van der Waals surface area contributed by atoms with Crippen LogP contribution < -0.4 is 0 Å². The largest absolute Gasteiger partial charge is 0.0693 e. The molecule has 14 heavy (non-hydrogen) atoms. The van der Waals surface area contributed by atoms with E-state index in [0.717, 1.165) is 5.92 Å². The summed E-state index contributed by atoms with van der Waals surface area (Å²) in [7, 11) is 0. The fourth-order valence-electron chi connectivity index (χ4n) is 2.55. The highest BCUT2D eigenvalue weighted by atomic mass is 14.3. The first-order valence-corrected chi connectivity index (χ1v) is 5.38. The van der Waals surface area contributed by atoms with Crippen molar-refractivity contribution in [3.05, 3.63) is 53.1 Å². The zero-order valence-corrected chi connectivity index (χ0v) is 8.24. The van der Waals surface area contributed by atoms with Gasteiger partial charge >= 0.3 is 0 Å². The van der Waals surface area contributed by atoms with Gasteiger partial charge in [-0.3, -0.25) is 0 Å². The van der Waals surface area contributed by atoms with Crippen molar-refractivity contribution in [3.8, 4) is 0 Å². The number of rotatable bonds is 1. The number of benzene rings is 1. The van der Waals surface area contributed by atoms with Crippen molar-refractivity contribution in [3.63, 3.8) is 0 Å². The Bertz CT molecular complexity index is 395. The van der Waals surface area contributed by atoms with Crippen molar-refractivity contribution in [2.75, 3.05) is 0 Å². The minimum atomic E-state index is 0.838. The molecule has 0 N–H and O–H groups in total. The summed E-state index contributed by atoms with van der Waals surface area (Å²) in [5, 5.41) is 0. The van der Waals surface area contributed by atoms with Crippen LogP contribution in [-0.2, 0) is 0 Å². The molecule has 1 fully saturated rings. The molecule has 0 nitrogen and oxygen atoms in total. The Hall–Kier alpha value is -1.30. The van der Waals surface area contributed by atoms with Crippen LogP contribution in [0.1, 0.15) is 24.8 Å². The molecule has 0 spiro atoms. The van der Waals surface area contributed by atoms with Crippen LogP contribution in [0.15, 0.2) is 47.6 Å². The third kappa shape index (κ3) is 1.31. The van der Waals surface area contributed by atoms with Gasteiger partial charge in [0.1, 0.15) is 0 Å². The molecule has 2 aliphatic rings. The first-order valence-electron chi connectivity index (χ1n) is 5.38. The van der Waals surface area contributed by atoms with Crippen molar-refractivity contribution in [2.24, 2.45) is 5.92 Å². The maximum Gasteiger partial charge on any atom is -0.0121 e. The van der Waals surface area contributed by atoms with Crippen LogP contribution >= 0.6 is 0 Å². The van der Waals surface area contributed by atoms with Crippen LogP contribution in [0, 0.1) is 5.92 Å². The summed E-state index contributed by atoms with van der Waals surface area (Å²) in [5.41, 5.74) is 4.56. The summed E-state index contributed by atoms with van der Waals surface area (Å²) in [6.45, 7) is 0. The molecule has 2 bridgehead atoms. The van der Waals surface area contributed by atoms with E-state index in [-0.39, 0.29) is 0 Å². The lowest BCUT2D eigenvalue weighted by Crippen LogP contribution is -1.93.